The quantitative estimate of drug-likeness (QED) is 0.540. The molecule has 0 radical (unpaired) electrons. The Morgan fingerprint density at radius 2 is 2.07 bits per heavy atom. The normalized spacial score (nSPS) is 9.80. The van der Waals surface area contributed by atoms with Gasteiger partial charge in [-0.2, -0.15) is 4.79 Å². The molecule has 0 bridgehead atoms. The number of carboxylic acid groups (broad SMARTS) is 1. The lowest BCUT2D eigenvalue weighted by Gasteiger charge is -2.05. The highest BCUT2D eigenvalue weighted by molar-refractivity contribution is 5.76. The molecule has 1 aromatic heterocycles. The summed E-state index contributed by atoms with van der Waals surface area (Å²) in [7, 11) is 5.13. The Labute approximate surface area is 87.4 Å². The first-order valence-corrected chi connectivity index (χ1v) is 4.51. The number of aromatic nitrogens is 2. The lowest BCUT2D eigenvalue weighted by atomic mass is 10.2. The predicted octanol–water partition coefficient (Wildman–Crippen LogP) is -0.233. The summed E-state index contributed by atoms with van der Waals surface area (Å²) in [5.41, 5.74) is 3.45. The molecule has 15 heavy (non-hydrogen) atoms. The number of hydrogen-bond acceptors (Lipinski definition) is 5. The van der Waals surface area contributed by atoms with E-state index in [0.717, 1.165) is 0 Å². The van der Waals surface area contributed by atoms with Crippen molar-refractivity contribution >= 4 is 17.6 Å². The van der Waals surface area contributed by atoms with E-state index >= 15 is 0 Å². The van der Waals surface area contributed by atoms with Crippen LogP contribution in [0.3, 0.4) is 0 Å². The molecule has 0 spiro atoms. The molecule has 0 aliphatic rings. The average molecular weight is 213 g/mol. The molecule has 0 atom stereocenters. The number of carbonyl (C=O) groups is 1. The van der Waals surface area contributed by atoms with Gasteiger partial charge < -0.3 is 21.2 Å². The fourth-order valence-electron chi connectivity index (χ4n) is 1.39. The zero-order valence-corrected chi connectivity index (χ0v) is 8.96. The van der Waals surface area contributed by atoms with Crippen LogP contribution < -0.4 is 16.1 Å². The molecule has 0 aliphatic carbocycles. The number of nitrogens with zero attached hydrogens (tertiary/aromatic N) is 2. The van der Waals surface area contributed by atoms with Gasteiger partial charge in [0.15, 0.2) is 11.6 Å². The maximum absolute atomic E-state index is 10.7. The van der Waals surface area contributed by atoms with Gasteiger partial charge in [-0.3, -0.25) is 4.79 Å². The average Bonchev–Trinajstić information content (AvgIpc) is 2.54. The lowest BCUT2D eigenvalue weighted by Crippen LogP contribution is -2.14. The summed E-state index contributed by atoms with van der Waals surface area (Å²) in [6.45, 7) is 0. The van der Waals surface area contributed by atoms with Crippen LogP contribution in [-0.4, -0.2) is 42.1 Å². The molecule has 4 N–H and O–H groups in total. The Kier molecular flexibility index (Phi) is 3.37. The molecule has 84 valence electrons. The van der Waals surface area contributed by atoms with Gasteiger partial charge in [0.2, 0.25) is 0 Å². The standard InChI is InChI=1S/C8H15N5O2/c1-9-7-5(4-6(14)15)8(10-2)13(11-3)12-7/h10-11H,4H2,1-3H3,(H,9,12)(H,14,15). The Morgan fingerprint density at radius 1 is 1.40 bits per heavy atom. The number of nitrogens with one attached hydrogen (secondary N) is 3. The summed E-state index contributed by atoms with van der Waals surface area (Å²) in [5.74, 6) is 0.305. The van der Waals surface area contributed by atoms with E-state index in [4.69, 9.17) is 5.11 Å². The first kappa shape index (κ1) is 11.2. The van der Waals surface area contributed by atoms with Gasteiger partial charge >= 0.3 is 5.97 Å². The summed E-state index contributed by atoms with van der Waals surface area (Å²) >= 11 is 0. The summed E-state index contributed by atoms with van der Waals surface area (Å²) in [5, 5.41) is 18.7. The molecule has 1 rings (SSSR count). The van der Waals surface area contributed by atoms with Gasteiger partial charge in [0, 0.05) is 21.1 Å². The van der Waals surface area contributed by atoms with Crippen LogP contribution in [0.5, 0.6) is 0 Å². The molecule has 1 aromatic rings. The van der Waals surface area contributed by atoms with Crippen LogP contribution in [0, 0.1) is 0 Å². The fourth-order valence-corrected chi connectivity index (χ4v) is 1.39. The third-order valence-electron chi connectivity index (χ3n) is 2.00. The van der Waals surface area contributed by atoms with E-state index in [-0.39, 0.29) is 6.42 Å². The number of rotatable bonds is 5. The molecule has 0 saturated carbocycles. The molecule has 0 aliphatic heterocycles. The van der Waals surface area contributed by atoms with E-state index in [1.54, 1.807) is 21.1 Å². The maximum Gasteiger partial charge on any atom is 0.308 e. The van der Waals surface area contributed by atoms with Crippen LogP contribution in [0.2, 0.25) is 0 Å². The van der Waals surface area contributed by atoms with Crippen molar-refractivity contribution < 1.29 is 9.90 Å². The van der Waals surface area contributed by atoms with Crippen molar-refractivity contribution in [2.24, 2.45) is 0 Å². The predicted molar refractivity (Wildman–Crippen MR) is 57.9 cm³/mol. The molecule has 0 aromatic carbocycles. The Morgan fingerprint density at radius 3 is 2.47 bits per heavy atom. The molecular formula is C8H15N5O2. The minimum absolute atomic E-state index is 0.0754. The lowest BCUT2D eigenvalue weighted by molar-refractivity contribution is -0.136. The largest absolute Gasteiger partial charge is 0.481 e. The summed E-state index contributed by atoms with van der Waals surface area (Å²) in [6, 6.07) is 0. The highest BCUT2D eigenvalue weighted by atomic mass is 16.4. The van der Waals surface area contributed by atoms with Gasteiger partial charge in [-0.1, -0.05) is 0 Å². The second-order valence-electron chi connectivity index (χ2n) is 2.88. The van der Waals surface area contributed by atoms with E-state index in [1.807, 2.05) is 0 Å². The van der Waals surface area contributed by atoms with Gasteiger partial charge in [0.1, 0.15) is 0 Å². The van der Waals surface area contributed by atoms with E-state index < -0.39 is 5.97 Å². The Bertz CT molecular complexity index is 360. The molecule has 0 unspecified atom stereocenters. The second-order valence-corrected chi connectivity index (χ2v) is 2.88. The highest BCUT2D eigenvalue weighted by Gasteiger charge is 2.18. The molecule has 7 nitrogen and oxygen atoms in total. The van der Waals surface area contributed by atoms with Crippen LogP contribution in [0.4, 0.5) is 11.6 Å². The van der Waals surface area contributed by atoms with Crippen molar-refractivity contribution in [3.63, 3.8) is 0 Å². The highest BCUT2D eigenvalue weighted by Crippen LogP contribution is 2.23. The smallest absolute Gasteiger partial charge is 0.308 e. The minimum Gasteiger partial charge on any atom is -0.481 e. The zero-order valence-electron chi connectivity index (χ0n) is 8.96. The SMILES string of the molecule is CNc1nn(NC)c(NC)c1CC(=O)O. The second kappa shape index (κ2) is 4.54. The van der Waals surface area contributed by atoms with Crippen molar-refractivity contribution in [2.45, 2.75) is 6.42 Å². The molecule has 0 fully saturated rings. The zero-order chi connectivity index (χ0) is 11.4. The van der Waals surface area contributed by atoms with Crippen LogP contribution >= 0.6 is 0 Å². The first-order valence-electron chi connectivity index (χ1n) is 4.51. The van der Waals surface area contributed by atoms with Crippen molar-refractivity contribution in [1.29, 1.82) is 0 Å². The topological polar surface area (TPSA) is 91.2 Å². The van der Waals surface area contributed by atoms with E-state index in [0.29, 0.717) is 17.2 Å². The minimum atomic E-state index is -0.890. The monoisotopic (exact) mass is 213 g/mol. The van der Waals surface area contributed by atoms with E-state index in [9.17, 15) is 4.79 Å². The van der Waals surface area contributed by atoms with E-state index in [1.165, 1.54) is 4.79 Å². The van der Waals surface area contributed by atoms with Crippen molar-refractivity contribution in [3.05, 3.63) is 5.56 Å². The van der Waals surface area contributed by atoms with Gasteiger partial charge in [0.05, 0.1) is 12.0 Å². The van der Waals surface area contributed by atoms with Crippen LogP contribution in [0.15, 0.2) is 0 Å². The number of carboxylic acids is 1. The van der Waals surface area contributed by atoms with Gasteiger partial charge in [-0.15, -0.1) is 5.10 Å². The van der Waals surface area contributed by atoms with Gasteiger partial charge in [0.25, 0.3) is 0 Å². The van der Waals surface area contributed by atoms with Crippen LogP contribution in [0.1, 0.15) is 5.56 Å². The fraction of sp³-hybridized carbons (Fsp3) is 0.500. The molecule has 0 amide bonds. The Hall–Kier alpha value is -1.92. The number of hydrogen-bond donors (Lipinski definition) is 4. The maximum atomic E-state index is 10.7. The third kappa shape index (κ3) is 2.12. The molecular weight excluding hydrogens is 198 g/mol. The van der Waals surface area contributed by atoms with Crippen molar-refractivity contribution in [3.8, 4) is 0 Å². The number of aliphatic carboxylic acids is 1. The summed E-state index contributed by atoms with van der Waals surface area (Å²) in [4.78, 5) is 12.2. The van der Waals surface area contributed by atoms with Crippen LogP contribution in [-0.2, 0) is 11.2 Å². The Balaban J connectivity index is 3.17. The van der Waals surface area contributed by atoms with Crippen molar-refractivity contribution in [1.82, 2.24) is 9.89 Å². The first-order chi connectivity index (χ1) is 7.13. The molecule has 0 saturated heterocycles. The summed E-state index contributed by atoms with van der Waals surface area (Å²) in [6.07, 6.45) is -0.0754. The van der Waals surface area contributed by atoms with E-state index in [2.05, 4.69) is 21.2 Å². The van der Waals surface area contributed by atoms with Gasteiger partial charge in [-0.05, 0) is 0 Å². The van der Waals surface area contributed by atoms with Crippen molar-refractivity contribution in [2.75, 3.05) is 37.2 Å². The molecule has 1 heterocycles. The molecule has 7 heteroatoms. The third-order valence-corrected chi connectivity index (χ3v) is 2.00. The number of anilines is 2. The van der Waals surface area contributed by atoms with Crippen LogP contribution in [0.25, 0.3) is 0 Å². The summed E-state index contributed by atoms with van der Waals surface area (Å²) < 4.78 is 0. The van der Waals surface area contributed by atoms with Gasteiger partial charge in [-0.25, -0.2) is 0 Å².